The highest BCUT2D eigenvalue weighted by Crippen LogP contribution is 2.35. The number of ether oxygens (including phenoxy) is 1. The summed E-state index contributed by atoms with van der Waals surface area (Å²) in [5.74, 6) is -0.107. The molecule has 1 heterocycles. The Morgan fingerprint density at radius 2 is 1.69 bits per heavy atom. The van der Waals surface area contributed by atoms with E-state index < -0.39 is 38.6 Å². The SMILES string of the molecule is CC(O)c1cc(F)ccc1Oc1nc2ccc(NS(=O)(=O)c3cccc(C(F)(F)F)c3)cc2cc1Cc1ccccc1. The van der Waals surface area contributed by atoms with E-state index >= 15 is 0 Å². The summed E-state index contributed by atoms with van der Waals surface area (Å²) in [6, 6.07) is 23.0. The normalized spacial score (nSPS) is 12.7. The van der Waals surface area contributed by atoms with Crippen molar-refractivity contribution in [3.8, 4) is 11.6 Å². The summed E-state index contributed by atoms with van der Waals surface area (Å²) >= 11 is 0. The molecule has 0 bridgehead atoms. The van der Waals surface area contributed by atoms with Gasteiger partial charge in [-0.25, -0.2) is 17.8 Å². The van der Waals surface area contributed by atoms with Gasteiger partial charge >= 0.3 is 6.18 Å². The van der Waals surface area contributed by atoms with Crippen LogP contribution in [0.1, 0.15) is 35.3 Å². The molecule has 0 saturated heterocycles. The summed E-state index contributed by atoms with van der Waals surface area (Å²) in [6.07, 6.45) is -5.33. The predicted octanol–water partition coefficient (Wildman–Crippen LogP) is 7.63. The summed E-state index contributed by atoms with van der Waals surface area (Å²) in [5, 5.41) is 10.7. The van der Waals surface area contributed by atoms with Crippen LogP contribution in [0.15, 0.2) is 102 Å². The Kier molecular flexibility index (Phi) is 7.89. The molecule has 4 aromatic carbocycles. The number of sulfonamides is 1. The summed E-state index contributed by atoms with van der Waals surface area (Å²) in [6.45, 7) is 1.49. The number of aliphatic hydroxyl groups excluding tert-OH is 1. The molecule has 5 rings (SSSR count). The second kappa shape index (κ2) is 11.4. The van der Waals surface area contributed by atoms with Gasteiger partial charge in [0.15, 0.2) is 0 Å². The van der Waals surface area contributed by atoms with Crippen molar-refractivity contribution in [2.75, 3.05) is 4.72 Å². The zero-order valence-electron chi connectivity index (χ0n) is 22.1. The fourth-order valence-corrected chi connectivity index (χ4v) is 5.49. The molecule has 6 nitrogen and oxygen atoms in total. The molecule has 1 atom stereocenters. The molecular weight excluding hydrogens is 572 g/mol. The number of benzene rings is 4. The lowest BCUT2D eigenvalue weighted by atomic mass is 10.0. The zero-order valence-corrected chi connectivity index (χ0v) is 22.9. The number of rotatable bonds is 8. The smallest absolute Gasteiger partial charge is 0.416 e. The second-order valence-corrected chi connectivity index (χ2v) is 11.3. The lowest BCUT2D eigenvalue weighted by Gasteiger charge is -2.16. The van der Waals surface area contributed by atoms with Gasteiger partial charge in [0, 0.05) is 28.6 Å². The van der Waals surface area contributed by atoms with Crippen LogP contribution in [0, 0.1) is 5.82 Å². The van der Waals surface area contributed by atoms with E-state index in [4.69, 9.17) is 4.74 Å². The molecule has 0 aliphatic carbocycles. The largest absolute Gasteiger partial charge is 0.438 e. The minimum atomic E-state index is -4.70. The van der Waals surface area contributed by atoms with Crippen molar-refractivity contribution in [1.29, 1.82) is 0 Å². The van der Waals surface area contributed by atoms with Crippen LogP contribution in [-0.4, -0.2) is 18.5 Å². The van der Waals surface area contributed by atoms with Gasteiger partial charge in [-0.05, 0) is 73.2 Å². The van der Waals surface area contributed by atoms with Crippen LogP contribution >= 0.6 is 0 Å². The average Bonchev–Trinajstić information content (AvgIpc) is 2.94. The molecule has 0 spiro atoms. The number of fused-ring (bicyclic) bond motifs is 1. The highest BCUT2D eigenvalue weighted by Gasteiger charge is 2.31. The molecule has 0 saturated carbocycles. The maximum Gasteiger partial charge on any atom is 0.416 e. The van der Waals surface area contributed by atoms with E-state index in [0.29, 0.717) is 29.0 Å². The van der Waals surface area contributed by atoms with E-state index in [2.05, 4.69) is 9.71 Å². The number of anilines is 1. The standard InChI is InChI=1S/C31H24F4N2O4S/c1-19(38)27-18-24(32)10-13-29(27)41-30-22(14-20-6-3-2-4-7-20)15-21-16-25(11-12-28(21)36-30)37-42(39,40)26-9-5-8-23(17-26)31(33,34)35/h2-13,15-19,37-38H,14H2,1H3. The minimum absolute atomic E-state index is 0.121. The van der Waals surface area contributed by atoms with E-state index in [1.54, 1.807) is 12.1 Å². The number of hydrogen-bond acceptors (Lipinski definition) is 5. The number of nitrogens with zero attached hydrogens (tertiary/aromatic N) is 1. The number of halogens is 4. The molecule has 0 amide bonds. The van der Waals surface area contributed by atoms with Gasteiger partial charge in [0.2, 0.25) is 5.88 Å². The van der Waals surface area contributed by atoms with Gasteiger partial charge in [0.05, 0.1) is 22.1 Å². The molecule has 0 fully saturated rings. The van der Waals surface area contributed by atoms with E-state index in [1.165, 1.54) is 37.3 Å². The third-order valence-corrected chi connectivity index (χ3v) is 7.82. The number of alkyl halides is 3. The molecule has 5 aromatic rings. The molecule has 11 heteroatoms. The predicted molar refractivity (Wildman–Crippen MR) is 150 cm³/mol. The number of aliphatic hydroxyl groups is 1. The first kappa shape index (κ1) is 29.0. The summed E-state index contributed by atoms with van der Waals surface area (Å²) in [5.41, 5.74) is 1.26. The van der Waals surface area contributed by atoms with Gasteiger partial charge in [-0.2, -0.15) is 13.2 Å². The lowest BCUT2D eigenvalue weighted by molar-refractivity contribution is -0.137. The number of pyridine rings is 1. The van der Waals surface area contributed by atoms with E-state index in [0.717, 1.165) is 23.8 Å². The van der Waals surface area contributed by atoms with Crippen LogP contribution in [0.3, 0.4) is 0 Å². The lowest BCUT2D eigenvalue weighted by Crippen LogP contribution is -2.14. The quantitative estimate of drug-likeness (QED) is 0.180. The molecule has 0 radical (unpaired) electrons. The third-order valence-electron chi connectivity index (χ3n) is 6.44. The van der Waals surface area contributed by atoms with Gasteiger partial charge in [0.1, 0.15) is 11.6 Å². The van der Waals surface area contributed by atoms with Crippen LogP contribution in [0.4, 0.5) is 23.2 Å². The summed E-state index contributed by atoms with van der Waals surface area (Å²) in [7, 11) is -4.34. The summed E-state index contributed by atoms with van der Waals surface area (Å²) in [4.78, 5) is 4.09. The van der Waals surface area contributed by atoms with Gasteiger partial charge in [0.25, 0.3) is 10.0 Å². The van der Waals surface area contributed by atoms with Crippen molar-refractivity contribution in [3.63, 3.8) is 0 Å². The van der Waals surface area contributed by atoms with E-state index in [1.807, 2.05) is 30.3 Å². The second-order valence-electron chi connectivity index (χ2n) is 9.61. The molecule has 216 valence electrons. The molecule has 1 aromatic heterocycles. The van der Waals surface area contributed by atoms with Crippen molar-refractivity contribution < 1.29 is 35.8 Å². The Labute approximate surface area is 239 Å². The Bertz CT molecular complexity index is 1860. The van der Waals surface area contributed by atoms with Gasteiger partial charge < -0.3 is 9.84 Å². The number of hydrogen-bond donors (Lipinski definition) is 2. The highest BCUT2D eigenvalue weighted by molar-refractivity contribution is 7.92. The minimum Gasteiger partial charge on any atom is -0.438 e. The van der Waals surface area contributed by atoms with Crippen molar-refractivity contribution >= 4 is 26.6 Å². The first-order valence-electron chi connectivity index (χ1n) is 12.7. The maximum atomic E-state index is 13.9. The molecular formula is C31H24F4N2O4S. The van der Waals surface area contributed by atoms with Crippen LogP contribution in [0.5, 0.6) is 11.6 Å². The Balaban J connectivity index is 1.53. The van der Waals surface area contributed by atoms with Crippen molar-refractivity contribution in [3.05, 3.63) is 125 Å². The van der Waals surface area contributed by atoms with Gasteiger partial charge in [-0.15, -0.1) is 0 Å². The maximum absolute atomic E-state index is 13.9. The zero-order chi connectivity index (χ0) is 30.1. The van der Waals surface area contributed by atoms with E-state index in [9.17, 15) is 31.1 Å². The van der Waals surface area contributed by atoms with Gasteiger partial charge in [-0.1, -0.05) is 36.4 Å². The van der Waals surface area contributed by atoms with E-state index in [-0.39, 0.29) is 22.9 Å². The highest BCUT2D eigenvalue weighted by atomic mass is 32.2. The van der Waals surface area contributed by atoms with Crippen LogP contribution in [0.25, 0.3) is 10.9 Å². The van der Waals surface area contributed by atoms with Crippen LogP contribution in [0.2, 0.25) is 0 Å². The topological polar surface area (TPSA) is 88.5 Å². The Morgan fingerprint density at radius 1 is 0.929 bits per heavy atom. The molecule has 1 unspecified atom stereocenters. The molecule has 0 aliphatic heterocycles. The fraction of sp³-hybridized carbons (Fsp3) is 0.129. The van der Waals surface area contributed by atoms with Gasteiger partial charge in [-0.3, -0.25) is 4.72 Å². The van der Waals surface area contributed by atoms with Crippen molar-refractivity contribution in [1.82, 2.24) is 4.98 Å². The first-order valence-corrected chi connectivity index (χ1v) is 14.2. The number of nitrogens with one attached hydrogen (secondary N) is 1. The van der Waals surface area contributed by atoms with Crippen LogP contribution in [-0.2, 0) is 22.6 Å². The first-order chi connectivity index (χ1) is 19.9. The third kappa shape index (κ3) is 6.53. The Hall–Kier alpha value is -4.48. The molecule has 42 heavy (non-hydrogen) atoms. The molecule has 0 aliphatic rings. The average molecular weight is 597 g/mol. The fourth-order valence-electron chi connectivity index (χ4n) is 4.39. The Morgan fingerprint density at radius 3 is 2.40 bits per heavy atom. The van der Waals surface area contributed by atoms with Crippen molar-refractivity contribution in [2.45, 2.75) is 30.5 Å². The van der Waals surface area contributed by atoms with Crippen LogP contribution < -0.4 is 9.46 Å². The molecule has 2 N–H and O–H groups in total. The van der Waals surface area contributed by atoms with Crippen molar-refractivity contribution in [2.24, 2.45) is 0 Å². The monoisotopic (exact) mass is 596 g/mol. The number of aromatic nitrogens is 1. The summed E-state index contributed by atoms with van der Waals surface area (Å²) < 4.78 is 87.6.